The van der Waals surface area contributed by atoms with Gasteiger partial charge in [-0.1, -0.05) is 29.3 Å². The minimum atomic E-state index is -0.121. The van der Waals surface area contributed by atoms with Gasteiger partial charge >= 0.3 is 0 Å². The highest BCUT2D eigenvalue weighted by Crippen LogP contribution is 2.37. The molecule has 0 saturated heterocycles. The smallest absolute Gasteiger partial charge is 0.123 e. The first-order valence-corrected chi connectivity index (χ1v) is 9.08. The second-order valence-electron chi connectivity index (χ2n) is 7.06. The molecular weight excluding hydrogens is 329 g/mol. The van der Waals surface area contributed by atoms with Crippen LogP contribution >= 0.6 is 15.9 Å². The lowest BCUT2D eigenvalue weighted by Crippen LogP contribution is -2.34. The minimum absolute atomic E-state index is 0.121. The summed E-state index contributed by atoms with van der Waals surface area (Å²) in [6, 6.07) is 5.86. The monoisotopic (exact) mass is 353 g/mol. The Balaban J connectivity index is 1.67. The van der Waals surface area contributed by atoms with Gasteiger partial charge in [-0.3, -0.25) is 0 Å². The fourth-order valence-electron chi connectivity index (χ4n) is 3.67. The van der Waals surface area contributed by atoms with Crippen LogP contribution in [0.25, 0.3) is 0 Å². The maximum Gasteiger partial charge on any atom is 0.123 e. The molecule has 116 valence electrons. The molecule has 3 unspecified atom stereocenters. The molecule has 0 aliphatic heterocycles. The molecule has 0 heterocycles. The summed E-state index contributed by atoms with van der Waals surface area (Å²) >= 11 is 3.58. The standard InChI is InChI=1S/C18H25BrFN/c1-12-2-3-13(11-21-17-5-6-17)14(8-12)9-15-10-16(20)4-7-18(15)19/h4,7,10,12-14,17,21H,2-3,5-6,8-9,11H2,1H3. The van der Waals surface area contributed by atoms with Crippen molar-refractivity contribution < 1.29 is 4.39 Å². The summed E-state index contributed by atoms with van der Waals surface area (Å²) in [5.74, 6) is 2.11. The molecule has 3 heteroatoms. The molecule has 1 nitrogen and oxygen atoms in total. The van der Waals surface area contributed by atoms with Gasteiger partial charge in [0.15, 0.2) is 0 Å². The van der Waals surface area contributed by atoms with Crippen LogP contribution in [-0.4, -0.2) is 12.6 Å². The number of halogens is 2. The van der Waals surface area contributed by atoms with E-state index >= 15 is 0 Å². The first kappa shape index (κ1) is 15.5. The van der Waals surface area contributed by atoms with E-state index in [2.05, 4.69) is 28.2 Å². The molecule has 21 heavy (non-hydrogen) atoms. The van der Waals surface area contributed by atoms with E-state index in [1.807, 2.05) is 6.07 Å². The molecule has 3 rings (SSSR count). The fraction of sp³-hybridized carbons (Fsp3) is 0.667. The number of benzene rings is 1. The molecule has 2 saturated carbocycles. The predicted molar refractivity (Wildman–Crippen MR) is 88.8 cm³/mol. The third kappa shape index (κ3) is 4.29. The SMILES string of the molecule is CC1CCC(CNC2CC2)C(Cc2cc(F)ccc2Br)C1. The van der Waals surface area contributed by atoms with E-state index in [0.717, 1.165) is 40.9 Å². The maximum absolute atomic E-state index is 13.5. The van der Waals surface area contributed by atoms with E-state index in [-0.39, 0.29) is 5.82 Å². The lowest BCUT2D eigenvalue weighted by atomic mass is 9.72. The first-order chi connectivity index (χ1) is 10.1. The van der Waals surface area contributed by atoms with Crippen molar-refractivity contribution in [2.45, 2.75) is 51.5 Å². The summed E-state index contributed by atoms with van der Waals surface area (Å²) < 4.78 is 14.6. The molecule has 1 aromatic rings. The highest BCUT2D eigenvalue weighted by molar-refractivity contribution is 9.10. The molecule has 0 spiro atoms. The van der Waals surface area contributed by atoms with Crippen molar-refractivity contribution in [3.63, 3.8) is 0 Å². The summed E-state index contributed by atoms with van der Waals surface area (Å²) in [4.78, 5) is 0. The normalized spacial score (nSPS) is 29.6. The third-order valence-corrected chi connectivity index (χ3v) is 5.91. The molecule has 0 bridgehead atoms. The van der Waals surface area contributed by atoms with Gasteiger partial charge in [0.05, 0.1) is 0 Å². The molecule has 1 N–H and O–H groups in total. The van der Waals surface area contributed by atoms with Gasteiger partial charge < -0.3 is 5.32 Å². The van der Waals surface area contributed by atoms with Crippen LogP contribution in [0.4, 0.5) is 4.39 Å². The second kappa shape index (κ2) is 6.78. The Hall–Kier alpha value is -0.410. The summed E-state index contributed by atoms with van der Waals surface area (Å²) in [6.07, 6.45) is 7.64. The zero-order chi connectivity index (χ0) is 14.8. The quantitative estimate of drug-likeness (QED) is 0.790. The fourth-order valence-corrected chi connectivity index (χ4v) is 4.08. The summed E-state index contributed by atoms with van der Waals surface area (Å²) in [5, 5.41) is 3.70. The van der Waals surface area contributed by atoms with Gasteiger partial charge in [-0.15, -0.1) is 0 Å². The van der Waals surface area contributed by atoms with E-state index in [9.17, 15) is 4.39 Å². The Bertz CT molecular complexity index is 486. The van der Waals surface area contributed by atoms with Crippen LogP contribution in [0, 0.1) is 23.6 Å². The van der Waals surface area contributed by atoms with Gasteiger partial charge in [-0.25, -0.2) is 4.39 Å². The highest BCUT2D eigenvalue weighted by Gasteiger charge is 2.30. The molecule has 0 radical (unpaired) electrons. The van der Waals surface area contributed by atoms with Crippen molar-refractivity contribution in [3.8, 4) is 0 Å². The molecule has 2 aliphatic carbocycles. The van der Waals surface area contributed by atoms with Gasteiger partial charge in [0.25, 0.3) is 0 Å². The van der Waals surface area contributed by atoms with E-state index in [0.29, 0.717) is 5.92 Å². The van der Waals surface area contributed by atoms with Crippen molar-refractivity contribution in [2.24, 2.45) is 17.8 Å². The molecular formula is C18H25BrFN. The summed E-state index contributed by atoms with van der Waals surface area (Å²) in [7, 11) is 0. The Morgan fingerprint density at radius 2 is 2.00 bits per heavy atom. The number of hydrogen-bond donors (Lipinski definition) is 1. The average molecular weight is 354 g/mol. The Morgan fingerprint density at radius 1 is 1.19 bits per heavy atom. The van der Waals surface area contributed by atoms with E-state index in [1.54, 1.807) is 6.07 Å². The number of nitrogens with one attached hydrogen (secondary N) is 1. The van der Waals surface area contributed by atoms with Gasteiger partial charge in [-0.05, 0) is 80.2 Å². The van der Waals surface area contributed by atoms with Crippen LogP contribution in [0.5, 0.6) is 0 Å². The minimum Gasteiger partial charge on any atom is -0.314 e. The number of hydrogen-bond acceptors (Lipinski definition) is 1. The van der Waals surface area contributed by atoms with E-state index in [1.165, 1.54) is 38.2 Å². The van der Waals surface area contributed by atoms with Crippen molar-refractivity contribution >= 4 is 15.9 Å². The molecule has 2 fully saturated rings. The zero-order valence-electron chi connectivity index (χ0n) is 12.7. The second-order valence-corrected chi connectivity index (χ2v) is 7.92. The molecule has 0 amide bonds. The van der Waals surface area contributed by atoms with Crippen LogP contribution in [0.3, 0.4) is 0 Å². The van der Waals surface area contributed by atoms with Crippen LogP contribution in [0.1, 0.15) is 44.6 Å². The van der Waals surface area contributed by atoms with Crippen LogP contribution < -0.4 is 5.32 Å². The average Bonchev–Trinajstić information content (AvgIpc) is 3.26. The Labute approximate surface area is 135 Å². The van der Waals surface area contributed by atoms with Gasteiger partial charge in [0, 0.05) is 10.5 Å². The van der Waals surface area contributed by atoms with E-state index in [4.69, 9.17) is 0 Å². The predicted octanol–water partition coefficient (Wildman–Crippen LogP) is 4.94. The van der Waals surface area contributed by atoms with Crippen LogP contribution in [0.2, 0.25) is 0 Å². The summed E-state index contributed by atoms with van der Waals surface area (Å²) in [6.45, 7) is 3.51. The maximum atomic E-state index is 13.5. The van der Waals surface area contributed by atoms with Gasteiger partial charge in [0.2, 0.25) is 0 Å². The summed E-state index contributed by atoms with van der Waals surface area (Å²) in [5.41, 5.74) is 1.13. The molecule has 3 atom stereocenters. The lowest BCUT2D eigenvalue weighted by molar-refractivity contribution is 0.183. The van der Waals surface area contributed by atoms with Crippen molar-refractivity contribution in [2.75, 3.05) is 6.54 Å². The highest BCUT2D eigenvalue weighted by atomic mass is 79.9. The van der Waals surface area contributed by atoms with Crippen molar-refractivity contribution in [1.29, 1.82) is 0 Å². The third-order valence-electron chi connectivity index (χ3n) is 5.14. The Kier molecular flexibility index (Phi) is 5.00. The number of rotatable bonds is 5. The first-order valence-electron chi connectivity index (χ1n) is 8.29. The largest absolute Gasteiger partial charge is 0.314 e. The molecule has 0 aromatic heterocycles. The topological polar surface area (TPSA) is 12.0 Å². The van der Waals surface area contributed by atoms with Crippen molar-refractivity contribution in [1.82, 2.24) is 5.32 Å². The Morgan fingerprint density at radius 3 is 2.76 bits per heavy atom. The lowest BCUT2D eigenvalue weighted by Gasteiger charge is -2.35. The molecule has 2 aliphatic rings. The molecule has 1 aromatic carbocycles. The van der Waals surface area contributed by atoms with Crippen LogP contribution in [-0.2, 0) is 6.42 Å². The van der Waals surface area contributed by atoms with Gasteiger partial charge in [0.1, 0.15) is 5.82 Å². The van der Waals surface area contributed by atoms with Gasteiger partial charge in [-0.2, -0.15) is 0 Å². The zero-order valence-corrected chi connectivity index (χ0v) is 14.3. The van der Waals surface area contributed by atoms with Crippen molar-refractivity contribution in [3.05, 3.63) is 34.1 Å². The van der Waals surface area contributed by atoms with Crippen LogP contribution in [0.15, 0.2) is 22.7 Å². The van der Waals surface area contributed by atoms with E-state index < -0.39 is 0 Å².